The number of aryl methyl sites for hydroxylation is 1. The number of para-hydroxylation sites is 1. The molecule has 0 amide bonds. The van der Waals surface area contributed by atoms with Crippen LogP contribution in [0.1, 0.15) is 29.9 Å². The molecule has 2 aromatic rings. The number of allylic oxidation sites excluding steroid dienone is 1. The Labute approximate surface area is 205 Å². The van der Waals surface area contributed by atoms with E-state index in [0.717, 1.165) is 7.11 Å². The molecule has 1 heterocycles. The van der Waals surface area contributed by atoms with Crippen LogP contribution in [-0.4, -0.2) is 40.3 Å². The number of esters is 1. The number of methoxy groups -OCH3 is 1. The lowest BCUT2D eigenvalue weighted by Crippen LogP contribution is -2.34. The molecule has 0 saturated heterocycles. The van der Waals surface area contributed by atoms with E-state index in [0.29, 0.717) is 5.56 Å². The van der Waals surface area contributed by atoms with Crippen molar-refractivity contribution in [2.24, 2.45) is 0 Å². The van der Waals surface area contributed by atoms with Crippen LogP contribution in [0.4, 0.5) is 0 Å². The van der Waals surface area contributed by atoms with Crippen LogP contribution in [0.15, 0.2) is 65.0 Å². The number of carbonyl (C=O) groups is 3. The number of carboxylic acids is 2. The predicted molar refractivity (Wildman–Crippen MR) is 125 cm³/mol. The average molecular weight is 506 g/mol. The standard InChI is InChI=1S/C24H21Cl2NO7/c1-34-18(29)11-16-21(24(32)33)22(19-13(25)6-4-7-14(19)26)20(23(30)31)15(27-16)10-9-12-5-2-3-8-17(12)28/h2-8,22,27-28H,9-11H2,1H3,(H,30,31)(H,32,33). The maximum atomic E-state index is 12.5. The van der Waals surface area contributed by atoms with E-state index in [4.69, 9.17) is 27.9 Å². The van der Waals surface area contributed by atoms with E-state index in [1.807, 2.05) is 0 Å². The number of carboxylic acid groups (broad SMARTS) is 2. The Hall–Kier alpha value is -3.49. The highest BCUT2D eigenvalue weighted by Gasteiger charge is 2.40. The summed E-state index contributed by atoms with van der Waals surface area (Å²) in [6.45, 7) is 0. The third-order valence-corrected chi connectivity index (χ3v) is 6.12. The number of aliphatic carboxylic acids is 2. The molecule has 0 saturated carbocycles. The third kappa shape index (κ3) is 5.18. The minimum Gasteiger partial charge on any atom is -0.508 e. The van der Waals surface area contributed by atoms with Crippen LogP contribution in [0.5, 0.6) is 5.75 Å². The van der Waals surface area contributed by atoms with Gasteiger partial charge in [0.05, 0.1) is 30.6 Å². The molecule has 0 bridgehead atoms. The van der Waals surface area contributed by atoms with E-state index in [1.165, 1.54) is 18.2 Å². The van der Waals surface area contributed by atoms with Crippen LogP contribution in [0.25, 0.3) is 0 Å². The first-order chi connectivity index (χ1) is 16.1. The lowest BCUT2D eigenvalue weighted by atomic mass is 9.78. The van der Waals surface area contributed by atoms with E-state index in [9.17, 15) is 29.7 Å². The van der Waals surface area contributed by atoms with Gasteiger partial charge in [-0.25, -0.2) is 9.59 Å². The van der Waals surface area contributed by atoms with Crippen LogP contribution in [0.3, 0.4) is 0 Å². The maximum Gasteiger partial charge on any atom is 0.334 e. The highest BCUT2D eigenvalue weighted by atomic mass is 35.5. The lowest BCUT2D eigenvalue weighted by Gasteiger charge is -2.32. The molecule has 1 aliphatic heterocycles. The number of hydrogen-bond acceptors (Lipinski definition) is 6. The number of phenols is 1. The van der Waals surface area contributed by atoms with Gasteiger partial charge in [-0.1, -0.05) is 47.5 Å². The van der Waals surface area contributed by atoms with Gasteiger partial charge in [0.1, 0.15) is 5.75 Å². The summed E-state index contributed by atoms with van der Waals surface area (Å²) in [6, 6.07) is 11.1. The second kappa shape index (κ2) is 10.6. The smallest absolute Gasteiger partial charge is 0.334 e. The second-order valence-corrected chi connectivity index (χ2v) is 8.28. The number of dihydropyridines is 1. The van der Waals surface area contributed by atoms with Crippen molar-refractivity contribution in [3.63, 3.8) is 0 Å². The van der Waals surface area contributed by atoms with Crippen molar-refractivity contribution in [1.29, 1.82) is 0 Å². The van der Waals surface area contributed by atoms with Crippen molar-refractivity contribution in [1.82, 2.24) is 5.32 Å². The monoisotopic (exact) mass is 505 g/mol. The van der Waals surface area contributed by atoms with Crippen LogP contribution in [0.2, 0.25) is 10.0 Å². The minimum absolute atomic E-state index is 0.0300. The number of hydrogen-bond donors (Lipinski definition) is 4. The number of aromatic hydroxyl groups is 1. The normalized spacial score (nSPS) is 15.7. The van der Waals surface area contributed by atoms with Crippen molar-refractivity contribution in [3.05, 3.63) is 86.2 Å². The van der Waals surface area contributed by atoms with Gasteiger partial charge in [0, 0.05) is 27.0 Å². The van der Waals surface area contributed by atoms with E-state index in [2.05, 4.69) is 5.32 Å². The fourth-order valence-corrected chi connectivity index (χ4v) is 4.54. The average Bonchev–Trinajstić information content (AvgIpc) is 2.77. The highest BCUT2D eigenvalue weighted by Crippen LogP contribution is 2.45. The number of nitrogens with one attached hydrogen (secondary N) is 1. The van der Waals surface area contributed by atoms with E-state index in [1.54, 1.807) is 24.3 Å². The maximum absolute atomic E-state index is 12.5. The number of phenolic OH excluding ortho intramolecular Hbond substituents is 1. The van der Waals surface area contributed by atoms with E-state index in [-0.39, 0.29) is 56.7 Å². The molecule has 2 aromatic carbocycles. The molecular weight excluding hydrogens is 485 g/mol. The summed E-state index contributed by atoms with van der Waals surface area (Å²) in [7, 11) is 1.16. The van der Waals surface area contributed by atoms with Gasteiger partial charge >= 0.3 is 17.9 Å². The third-order valence-electron chi connectivity index (χ3n) is 5.46. The summed E-state index contributed by atoms with van der Waals surface area (Å²) in [5.74, 6) is -4.86. The number of ether oxygens (including phenoxy) is 1. The molecule has 1 aliphatic rings. The molecular formula is C24H21Cl2NO7. The molecule has 178 valence electrons. The molecule has 34 heavy (non-hydrogen) atoms. The number of rotatable bonds is 8. The van der Waals surface area contributed by atoms with E-state index < -0.39 is 30.2 Å². The first-order valence-corrected chi connectivity index (χ1v) is 10.9. The van der Waals surface area contributed by atoms with Crippen LogP contribution < -0.4 is 5.32 Å². The summed E-state index contributed by atoms with van der Waals surface area (Å²) in [4.78, 5) is 36.9. The predicted octanol–water partition coefficient (Wildman–Crippen LogP) is 4.26. The summed E-state index contributed by atoms with van der Waals surface area (Å²) >= 11 is 12.7. The molecule has 4 N–H and O–H groups in total. The Bertz CT molecular complexity index is 1200. The number of carbonyl (C=O) groups excluding carboxylic acids is 1. The summed E-state index contributed by atoms with van der Waals surface area (Å²) in [6.07, 6.45) is -0.109. The molecule has 0 spiro atoms. The van der Waals surface area contributed by atoms with Crippen molar-refractivity contribution < 1.29 is 34.4 Å². The van der Waals surface area contributed by atoms with Crippen molar-refractivity contribution in [2.75, 3.05) is 7.11 Å². The molecule has 3 rings (SSSR count). The van der Waals surface area contributed by atoms with Crippen LogP contribution >= 0.6 is 23.2 Å². The first kappa shape index (κ1) is 25.1. The van der Waals surface area contributed by atoms with Gasteiger partial charge in [-0.05, 0) is 36.6 Å². The number of benzene rings is 2. The first-order valence-electron chi connectivity index (χ1n) is 10.1. The largest absolute Gasteiger partial charge is 0.508 e. The van der Waals surface area contributed by atoms with Gasteiger partial charge in [0.15, 0.2) is 0 Å². The SMILES string of the molecule is COC(=O)CC1=C(C(=O)O)C(c2c(Cl)cccc2Cl)C(C(=O)O)=C(CCc2ccccc2O)N1. The topological polar surface area (TPSA) is 133 Å². The zero-order valence-corrected chi connectivity index (χ0v) is 19.5. The van der Waals surface area contributed by atoms with Gasteiger partial charge in [-0.15, -0.1) is 0 Å². The van der Waals surface area contributed by atoms with Gasteiger partial charge in [-0.3, -0.25) is 4.79 Å². The summed E-state index contributed by atoms with van der Waals surface area (Å²) < 4.78 is 4.70. The molecule has 0 radical (unpaired) electrons. The summed E-state index contributed by atoms with van der Waals surface area (Å²) in [5, 5.41) is 33.3. The molecule has 8 nitrogen and oxygen atoms in total. The number of halogens is 2. The second-order valence-electron chi connectivity index (χ2n) is 7.47. The lowest BCUT2D eigenvalue weighted by molar-refractivity contribution is -0.139. The van der Waals surface area contributed by atoms with Crippen LogP contribution in [0, 0.1) is 0 Å². The fraction of sp³-hybridized carbons (Fsp3) is 0.208. The van der Waals surface area contributed by atoms with Gasteiger partial charge in [-0.2, -0.15) is 0 Å². The van der Waals surface area contributed by atoms with Crippen molar-refractivity contribution in [2.45, 2.75) is 25.2 Å². The molecule has 0 fully saturated rings. The highest BCUT2D eigenvalue weighted by molar-refractivity contribution is 6.36. The quantitative estimate of drug-likeness (QED) is 0.391. The fourth-order valence-electron chi connectivity index (χ4n) is 3.92. The Kier molecular flexibility index (Phi) is 7.86. The zero-order valence-electron chi connectivity index (χ0n) is 18.0. The Morgan fingerprint density at radius 2 is 1.50 bits per heavy atom. The molecule has 0 aromatic heterocycles. The van der Waals surface area contributed by atoms with Gasteiger partial charge in [0.2, 0.25) is 0 Å². The molecule has 10 heteroatoms. The molecule has 1 unspecified atom stereocenters. The van der Waals surface area contributed by atoms with E-state index >= 15 is 0 Å². The van der Waals surface area contributed by atoms with Gasteiger partial charge < -0.3 is 25.4 Å². The minimum atomic E-state index is -1.44. The molecule has 0 aliphatic carbocycles. The van der Waals surface area contributed by atoms with Gasteiger partial charge in [0.25, 0.3) is 0 Å². The Balaban J connectivity index is 2.23. The zero-order chi connectivity index (χ0) is 25.0. The van der Waals surface area contributed by atoms with Crippen LogP contribution in [-0.2, 0) is 25.5 Å². The summed E-state index contributed by atoms with van der Waals surface area (Å²) in [5.41, 5.74) is 0.166. The Morgan fingerprint density at radius 1 is 0.912 bits per heavy atom. The Morgan fingerprint density at radius 3 is 2.06 bits per heavy atom. The van der Waals surface area contributed by atoms with Crippen molar-refractivity contribution in [3.8, 4) is 5.75 Å². The molecule has 1 atom stereocenters. The van der Waals surface area contributed by atoms with Crippen molar-refractivity contribution >= 4 is 41.1 Å².